The second kappa shape index (κ2) is 14.5. The van der Waals surface area contributed by atoms with Gasteiger partial charge in [-0.25, -0.2) is 13.2 Å². The first-order valence-corrected chi connectivity index (χ1v) is 16.2. The molecule has 3 aromatic carbocycles. The molecule has 3 N–H and O–H groups in total. The highest BCUT2D eigenvalue weighted by atomic mass is 32.2. The highest BCUT2D eigenvalue weighted by Gasteiger charge is 2.33. The number of rotatable bonds is 9. The summed E-state index contributed by atoms with van der Waals surface area (Å²) in [7, 11) is -1.03. The molecule has 254 valence electrons. The normalized spacial score (nSPS) is 17.7. The largest absolute Gasteiger partial charge is 0.497 e. The van der Waals surface area contributed by atoms with Crippen LogP contribution in [0, 0.1) is 5.92 Å². The standard InChI is InChI=1S/C32H37F3N4O7S/c1-20-17-39(21(2)19-40)30(41)16-22-15-25(37-47(43,44)27-12-10-26(45-4)11-13-27)9-14-28(22)46-29(20)18-38(3)31(42)36-24-7-5-23(6-8-24)32(33,34)35/h5-15,20-21,29,37,40H,16-19H2,1-4H3,(H,36,42)/t20-,21-,29-/m0/s1. The molecule has 3 aromatic rings. The summed E-state index contributed by atoms with van der Waals surface area (Å²) >= 11 is 0. The molecule has 1 heterocycles. The Labute approximate surface area is 271 Å². The third-order valence-corrected chi connectivity index (χ3v) is 9.20. The Morgan fingerprint density at radius 2 is 1.74 bits per heavy atom. The van der Waals surface area contributed by atoms with Gasteiger partial charge in [0.05, 0.1) is 43.2 Å². The van der Waals surface area contributed by atoms with E-state index in [4.69, 9.17) is 9.47 Å². The molecule has 11 nitrogen and oxygen atoms in total. The number of carbonyl (C=O) groups is 2. The van der Waals surface area contributed by atoms with Crippen molar-refractivity contribution in [2.45, 2.75) is 43.5 Å². The Morgan fingerprint density at radius 3 is 2.34 bits per heavy atom. The smallest absolute Gasteiger partial charge is 0.416 e. The summed E-state index contributed by atoms with van der Waals surface area (Å²) in [5, 5.41) is 12.5. The summed E-state index contributed by atoms with van der Waals surface area (Å²) in [6.07, 6.45) is -5.34. The number of hydrogen-bond acceptors (Lipinski definition) is 7. The molecule has 1 aliphatic heterocycles. The molecule has 0 radical (unpaired) electrons. The van der Waals surface area contributed by atoms with Gasteiger partial charge >= 0.3 is 12.2 Å². The number of likely N-dealkylation sites (N-methyl/N-ethyl adjacent to an activating group) is 1. The number of urea groups is 1. The summed E-state index contributed by atoms with van der Waals surface area (Å²) in [4.78, 5) is 29.3. The van der Waals surface area contributed by atoms with E-state index in [1.807, 2.05) is 6.92 Å². The van der Waals surface area contributed by atoms with Gasteiger partial charge in [0.15, 0.2) is 0 Å². The molecule has 0 bridgehead atoms. The molecule has 3 amide bonds. The molecule has 0 unspecified atom stereocenters. The van der Waals surface area contributed by atoms with Crippen molar-refractivity contribution in [3.63, 3.8) is 0 Å². The van der Waals surface area contributed by atoms with Gasteiger partial charge in [-0.15, -0.1) is 0 Å². The lowest BCUT2D eigenvalue weighted by atomic mass is 10.0. The summed E-state index contributed by atoms with van der Waals surface area (Å²) in [6, 6.07) is 13.3. The van der Waals surface area contributed by atoms with Crippen molar-refractivity contribution >= 4 is 33.3 Å². The van der Waals surface area contributed by atoms with Gasteiger partial charge in [0, 0.05) is 36.4 Å². The summed E-state index contributed by atoms with van der Waals surface area (Å²) in [6.45, 7) is 3.44. The van der Waals surface area contributed by atoms with Crippen LogP contribution in [0.4, 0.5) is 29.3 Å². The van der Waals surface area contributed by atoms with Crippen LogP contribution < -0.4 is 19.5 Å². The lowest BCUT2D eigenvalue weighted by Gasteiger charge is -2.34. The number of alkyl halides is 3. The van der Waals surface area contributed by atoms with Crippen molar-refractivity contribution in [2.75, 3.05) is 43.9 Å². The average Bonchev–Trinajstić information content (AvgIpc) is 3.07. The van der Waals surface area contributed by atoms with Crippen LogP contribution in [0.2, 0.25) is 0 Å². The van der Waals surface area contributed by atoms with E-state index < -0.39 is 39.9 Å². The Morgan fingerprint density at radius 1 is 1.11 bits per heavy atom. The SMILES string of the molecule is COc1ccc(S(=O)(=O)Nc2ccc3c(c2)CC(=O)N([C@@H](C)CO)C[C@H](C)[C@H](CN(C)C(=O)Nc2ccc(C(F)(F)F)cc2)O3)cc1. The molecular formula is C32H37F3N4O7S. The van der Waals surface area contributed by atoms with Crippen LogP contribution in [0.15, 0.2) is 71.6 Å². The van der Waals surface area contributed by atoms with Crippen LogP contribution >= 0.6 is 0 Å². The quantitative estimate of drug-likeness (QED) is 0.295. The van der Waals surface area contributed by atoms with Gasteiger partial charge < -0.3 is 29.7 Å². The molecule has 0 aromatic heterocycles. The van der Waals surface area contributed by atoms with E-state index in [2.05, 4.69) is 10.0 Å². The number of fused-ring (bicyclic) bond motifs is 1. The van der Waals surface area contributed by atoms with Crippen LogP contribution in [-0.4, -0.2) is 81.3 Å². The van der Waals surface area contributed by atoms with Gasteiger partial charge in [0.2, 0.25) is 5.91 Å². The third-order valence-electron chi connectivity index (χ3n) is 7.80. The lowest BCUT2D eigenvalue weighted by Crippen LogP contribution is -2.48. The first kappa shape index (κ1) is 35.4. The zero-order chi connectivity index (χ0) is 34.5. The summed E-state index contributed by atoms with van der Waals surface area (Å²) < 4.78 is 79.0. The molecule has 3 atom stereocenters. The number of nitrogens with one attached hydrogen (secondary N) is 2. The number of benzene rings is 3. The van der Waals surface area contributed by atoms with Gasteiger partial charge in [0.1, 0.15) is 17.6 Å². The van der Waals surface area contributed by atoms with Crippen LogP contribution in [0.25, 0.3) is 0 Å². The van der Waals surface area contributed by atoms with Crippen molar-refractivity contribution < 1.29 is 45.8 Å². The first-order chi connectivity index (χ1) is 22.1. The van der Waals surface area contributed by atoms with Crippen LogP contribution in [0.5, 0.6) is 11.5 Å². The summed E-state index contributed by atoms with van der Waals surface area (Å²) in [5.41, 5.74) is -0.101. The number of amides is 3. The number of methoxy groups -OCH3 is 1. The van der Waals surface area contributed by atoms with Gasteiger partial charge in [-0.3, -0.25) is 9.52 Å². The van der Waals surface area contributed by atoms with E-state index in [1.165, 1.54) is 60.4 Å². The fourth-order valence-corrected chi connectivity index (χ4v) is 6.04. The van der Waals surface area contributed by atoms with E-state index in [1.54, 1.807) is 13.0 Å². The maximum atomic E-state index is 13.5. The molecule has 0 aliphatic carbocycles. The minimum atomic E-state index is -4.51. The number of hydrogen-bond donors (Lipinski definition) is 3. The first-order valence-electron chi connectivity index (χ1n) is 14.7. The molecule has 0 spiro atoms. The number of carbonyl (C=O) groups excluding carboxylic acids is 2. The number of ether oxygens (including phenoxy) is 2. The molecule has 0 saturated carbocycles. The highest BCUT2D eigenvalue weighted by Crippen LogP contribution is 2.31. The molecule has 0 fully saturated rings. The van der Waals surface area contributed by atoms with Crippen molar-refractivity contribution in [1.82, 2.24) is 9.80 Å². The lowest BCUT2D eigenvalue weighted by molar-refractivity contribution is -0.137. The fourth-order valence-electron chi connectivity index (χ4n) is 4.99. The summed E-state index contributed by atoms with van der Waals surface area (Å²) in [5.74, 6) is 0.128. The van der Waals surface area contributed by atoms with Crippen molar-refractivity contribution in [3.05, 3.63) is 77.9 Å². The van der Waals surface area contributed by atoms with Gasteiger partial charge in [-0.05, 0) is 73.7 Å². The number of sulfonamides is 1. The van der Waals surface area contributed by atoms with Gasteiger partial charge in [-0.2, -0.15) is 13.2 Å². The average molecular weight is 679 g/mol. The van der Waals surface area contributed by atoms with Crippen LogP contribution in [0.1, 0.15) is 25.0 Å². The molecular weight excluding hydrogens is 641 g/mol. The zero-order valence-corrected chi connectivity index (χ0v) is 27.1. The minimum absolute atomic E-state index is 0.00335. The monoisotopic (exact) mass is 678 g/mol. The van der Waals surface area contributed by atoms with E-state index in [0.29, 0.717) is 17.1 Å². The van der Waals surface area contributed by atoms with Gasteiger partial charge in [-0.1, -0.05) is 6.92 Å². The highest BCUT2D eigenvalue weighted by molar-refractivity contribution is 7.92. The Hall–Kier alpha value is -4.50. The number of nitrogens with zero attached hydrogens (tertiary/aromatic N) is 2. The van der Waals surface area contributed by atoms with E-state index in [9.17, 15) is 36.3 Å². The maximum absolute atomic E-state index is 13.5. The number of halogens is 3. The van der Waals surface area contributed by atoms with E-state index in [-0.39, 0.29) is 54.2 Å². The van der Waals surface area contributed by atoms with E-state index >= 15 is 0 Å². The second-order valence-corrected chi connectivity index (χ2v) is 13.1. The molecule has 47 heavy (non-hydrogen) atoms. The predicted octanol–water partition coefficient (Wildman–Crippen LogP) is 4.83. The fraction of sp³-hybridized carbons (Fsp3) is 0.375. The second-order valence-electron chi connectivity index (χ2n) is 11.4. The molecule has 4 rings (SSSR count). The Balaban J connectivity index is 1.58. The topological polar surface area (TPSA) is 138 Å². The van der Waals surface area contributed by atoms with Crippen molar-refractivity contribution in [3.8, 4) is 11.5 Å². The Bertz CT molecular complexity index is 1670. The number of aliphatic hydroxyl groups excluding tert-OH is 1. The zero-order valence-electron chi connectivity index (χ0n) is 26.2. The van der Waals surface area contributed by atoms with Crippen molar-refractivity contribution in [2.24, 2.45) is 5.92 Å². The molecule has 1 aliphatic rings. The van der Waals surface area contributed by atoms with Gasteiger partial charge in [0.25, 0.3) is 10.0 Å². The number of anilines is 2. The van der Waals surface area contributed by atoms with Crippen LogP contribution in [0.3, 0.4) is 0 Å². The minimum Gasteiger partial charge on any atom is -0.497 e. The third kappa shape index (κ3) is 8.86. The predicted molar refractivity (Wildman–Crippen MR) is 169 cm³/mol. The van der Waals surface area contributed by atoms with Crippen molar-refractivity contribution in [1.29, 1.82) is 0 Å². The van der Waals surface area contributed by atoms with E-state index in [0.717, 1.165) is 24.3 Å². The maximum Gasteiger partial charge on any atom is 0.416 e. The molecule has 15 heteroatoms. The molecule has 0 saturated heterocycles. The number of aliphatic hydroxyl groups is 1. The Kier molecular flexibility index (Phi) is 10.9. The van der Waals surface area contributed by atoms with Crippen LogP contribution in [-0.2, 0) is 27.4 Å².